The molecule has 0 spiro atoms. The fourth-order valence-corrected chi connectivity index (χ4v) is 2.91. The van der Waals surface area contributed by atoms with Crippen molar-refractivity contribution in [3.05, 3.63) is 58.9 Å². The number of nitrogens with one attached hydrogen (secondary N) is 1. The number of hydrogen-bond acceptors (Lipinski definition) is 1. The second kappa shape index (κ2) is 9.88. The van der Waals surface area contributed by atoms with Gasteiger partial charge in [-0.25, -0.2) is 4.39 Å². The maximum Gasteiger partial charge on any atom is 0.194 e. The van der Waals surface area contributed by atoms with Crippen LogP contribution in [0.25, 0.3) is 0 Å². The third-order valence-corrected chi connectivity index (χ3v) is 4.47. The summed E-state index contributed by atoms with van der Waals surface area (Å²) < 4.78 is 12.9. The Hall–Kier alpha value is -1.46. The van der Waals surface area contributed by atoms with Crippen LogP contribution in [0.3, 0.4) is 0 Å². The molecule has 6 heteroatoms. The molecule has 0 fully saturated rings. The van der Waals surface area contributed by atoms with Crippen molar-refractivity contribution in [1.29, 1.82) is 0 Å². The van der Waals surface area contributed by atoms with Crippen LogP contribution < -0.4 is 35.0 Å². The molecular weight excluding hydrogens is 360 g/mol. The highest BCUT2D eigenvalue weighted by Crippen LogP contribution is 2.27. The Labute approximate surface area is 161 Å². The van der Waals surface area contributed by atoms with Gasteiger partial charge in [0.15, 0.2) is 12.0 Å². The van der Waals surface area contributed by atoms with Crippen LogP contribution in [-0.2, 0) is 6.54 Å². The predicted molar refractivity (Wildman–Crippen MR) is 91.1 cm³/mol. The number of nitrogens with two attached hydrogens (primary N) is 1. The Morgan fingerprint density at radius 1 is 1.04 bits per heavy atom. The normalized spacial score (nSPS) is 14.6. The van der Waals surface area contributed by atoms with E-state index in [1.165, 1.54) is 33.8 Å². The van der Waals surface area contributed by atoms with Gasteiger partial charge in [-0.2, -0.15) is 4.99 Å². The summed E-state index contributed by atoms with van der Waals surface area (Å²) in [6.07, 6.45) is 3.14. The van der Waals surface area contributed by atoms with Crippen LogP contribution in [0.15, 0.2) is 41.4 Å². The molecule has 3 nitrogen and oxygen atoms in total. The van der Waals surface area contributed by atoms with Crippen molar-refractivity contribution in [2.45, 2.75) is 26.8 Å². The molecule has 0 aromatic heterocycles. The average Bonchev–Trinajstić information content (AvgIpc) is 2.91. The molecule has 0 aliphatic carbocycles. The number of aliphatic imine (C=N–C) groups is 1. The fourth-order valence-electron chi connectivity index (χ4n) is 2.91. The Morgan fingerprint density at radius 2 is 1.72 bits per heavy atom. The lowest BCUT2D eigenvalue weighted by Gasteiger charge is -2.11. The highest BCUT2D eigenvalue weighted by Gasteiger charge is 2.21. The van der Waals surface area contributed by atoms with Crippen molar-refractivity contribution < 1.29 is 39.4 Å². The van der Waals surface area contributed by atoms with E-state index < -0.39 is 0 Å². The van der Waals surface area contributed by atoms with E-state index in [4.69, 9.17) is 0 Å². The van der Waals surface area contributed by atoms with Crippen LogP contribution in [0.1, 0.15) is 23.1 Å². The third-order valence-electron chi connectivity index (χ3n) is 4.47. The molecule has 136 valence electrons. The average molecular weight is 384 g/mol. The summed E-state index contributed by atoms with van der Waals surface area (Å²) in [5, 5.41) is 2.28. The minimum absolute atomic E-state index is 0. The first kappa shape index (κ1) is 21.6. The number of nitrogens with zero attached hydrogens (tertiary/aromatic N) is 1. The summed E-state index contributed by atoms with van der Waals surface area (Å²) in [7, 11) is 0. The summed E-state index contributed by atoms with van der Waals surface area (Å²) in [4.78, 5) is 5.88. The first-order chi connectivity index (χ1) is 11.1. The molecule has 1 aliphatic heterocycles. The number of quaternary nitrogens is 2. The number of hydrogen-bond donors (Lipinski definition) is 2. The first-order valence-electron chi connectivity index (χ1n) is 8.21. The zero-order valence-electron chi connectivity index (χ0n) is 14.5. The van der Waals surface area contributed by atoms with Crippen molar-refractivity contribution in [1.82, 2.24) is 0 Å². The molecule has 0 saturated heterocycles. The van der Waals surface area contributed by atoms with E-state index in [0.717, 1.165) is 37.3 Å². The second-order valence-corrected chi connectivity index (χ2v) is 6.25. The molecule has 3 rings (SSSR count). The van der Waals surface area contributed by atoms with E-state index in [2.05, 4.69) is 36.3 Å². The maximum absolute atomic E-state index is 12.9. The monoisotopic (exact) mass is 383 g/mol. The van der Waals surface area contributed by atoms with Crippen molar-refractivity contribution in [2.24, 2.45) is 4.99 Å². The molecule has 2 aromatic rings. The lowest BCUT2D eigenvalue weighted by Crippen LogP contribution is -3.05. The van der Waals surface area contributed by atoms with Crippen molar-refractivity contribution in [3.8, 4) is 0 Å². The molecule has 3 N–H and O–H groups in total. The summed E-state index contributed by atoms with van der Waals surface area (Å²) in [6.45, 7) is 7.31. The smallest absolute Gasteiger partial charge is 0.194 e. The number of rotatable bonds is 6. The molecular formula is C19H24Cl2FN3. The van der Waals surface area contributed by atoms with Crippen LogP contribution in [-0.4, -0.2) is 19.4 Å². The minimum Gasteiger partial charge on any atom is -1.00 e. The van der Waals surface area contributed by atoms with E-state index in [-0.39, 0.29) is 30.6 Å². The van der Waals surface area contributed by atoms with Gasteiger partial charge < -0.3 is 30.1 Å². The molecule has 1 aliphatic rings. The van der Waals surface area contributed by atoms with Gasteiger partial charge in [-0.15, -0.1) is 0 Å². The topological polar surface area (TPSA) is 33.4 Å². The van der Waals surface area contributed by atoms with Crippen molar-refractivity contribution in [2.75, 3.05) is 13.1 Å². The predicted octanol–water partition coefficient (Wildman–Crippen LogP) is -4.21. The Kier molecular flexibility index (Phi) is 8.53. The van der Waals surface area contributed by atoms with Gasteiger partial charge in [0.2, 0.25) is 0 Å². The maximum atomic E-state index is 12.9. The van der Waals surface area contributed by atoms with Crippen LogP contribution in [0.5, 0.6) is 0 Å². The SMILES string of the molecule is Cc1cc2c(cc1C)[NH+](CCC[NH2+]Cc1ccc(F)cc1)C=N2.[Cl-].[Cl-]. The lowest BCUT2D eigenvalue weighted by molar-refractivity contribution is -0.730. The van der Waals surface area contributed by atoms with Crippen molar-refractivity contribution >= 4 is 17.7 Å². The van der Waals surface area contributed by atoms with Crippen LogP contribution in [0, 0.1) is 19.7 Å². The van der Waals surface area contributed by atoms with Gasteiger partial charge in [-0.05, 0) is 43.2 Å². The molecule has 2 aromatic carbocycles. The van der Waals surface area contributed by atoms with E-state index in [1.54, 1.807) is 0 Å². The minimum atomic E-state index is -0.171. The second-order valence-electron chi connectivity index (χ2n) is 6.25. The van der Waals surface area contributed by atoms with Gasteiger partial charge in [0.05, 0.1) is 13.1 Å². The molecule has 1 atom stereocenters. The Morgan fingerprint density at radius 3 is 2.44 bits per heavy atom. The molecule has 0 radical (unpaired) electrons. The van der Waals surface area contributed by atoms with Gasteiger partial charge in [0.25, 0.3) is 0 Å². The molecule has 1 heterocycles. The van der Waals surface area contributed by atoms with E-state index in [1.807, 2.05) is 18.5 Å². The first-order valence-corrected chi connectivity index (χ1v) is 8.21. The zero-order valence-corrected chi connectivity index (χ0v) is 16.0. The van der Waals surface area contributed by atoms with Gasteiger partial charge in [0, 0.05) is 18.1 Å². The quantitative estimate of drug-likeness (QED) is 0.474. The largest absolute Gasteiger partial charge is 1.00 e. The van der Waals surface area contributed by atoms with Gasteiger partial charge >= 0.3 is 0 Å². The van der Waals surface area contributed by atoms with Crippen LogP contribution >= 0.6 is 0 Å². The Bertz CT molecular complexity index is 717. The van der Waals surface area contributed by atoms with Gasteiger partial charge in [-0.3, -0.25) is 4.90 Å². The molecule has 1 unspecified atom stereocenters. The van der Waals surface area contributed by atoms with Crippen molar-refractivity contribution in [3.63, 3.8) is 0 Å². The van der Waals surface area contributed by atoms with E-state index >= 15 is 0 Å². The molecule has 25 heavy (non-hydrogen) atoms. The highest BCUT2D eigenvalue weighted by atomic mass is 35.5. The Balaban J connectivity index is 0.00000156. The molecule has 0 bridgehead atoms. The summed E-state index contributed by atoms with van der Waals surface area (Å²) in [5.74, 6) is -0.171. The summed E-state index contributed by atoms with van der Waals surface area (Å²) in [5.41, 5.74) is 6.20. The number of halogens is 3. The number of aryl methyl sites for hydroxylation is 2. The lowest BCUT2D eigenvalue weighted by atomic mass is 10.1. The van der Waals surface area contributed by atoms with E-state index in [9.17, 15) is 4.39 Å². The number of fused-ring (bicyclic) bond motifs is 1. The molecule has 0 saturated carbocycles. The van der Waals surface area contributed by atoms with Gasteiger partial charge in [-0.1, -0.05) is 12.1 Å². The summed E-state index contributed by atoms with van der Waals surface area (Å²) in [6, 6.07) is 11.2. The van der Waals surface area contributed by atoms with Crippen LogP contribution in [0.4, 0.5) is 15.8 Å². The summed E-state index contributed by atoms with van der Waals surface area (Å²) >= 11 is 0. The third kappa shape index (κ3) is 5.51. The van der Waals surface area contributed by atoms with E-state index in [0.29, 0.717) is 0 Å². The molecule has 0 amide bonds. The standard InChI is InChI=1S/C19H22FN3.2ClH/c1-14-10-18-19(11-15(14)2)23(13-22-18)9-3-8-21-12-16-4-6-17(20)7-5-16;;/h4-7,10-11,13,21H,3,8-9,12H2,1-2H3;2*1H. The number of benzene rings is 2. The fraction of sp³-hybridized carbons (Fsp3) is 0.316. The van der Waals surface area contributed by atoms with Gasteiger partial charge in [0.1, 0.15) is 18.0 Å². The van der Waals surface area contributed by atoms with Crippen LogP contribution in [0.2, 0.25) is 0 Å². The highest BCUT2D eigenvalue weighted by molar-refractivity contribution is 5.73. The zero-order chi connectivity index (χ0) is 16.2.